The molecule has 1 heterocycles. The standard InChI is InChI=1S/C15H32N2/c1-14(9-8-10-15(2)16)13-17-11-6-4-3-5-7-12-17/h14-15H,3-13,16H2,1-2H3. The van der Waals surface area contributed by atoms with Gasteiger partial charge < -0.3 is 10.6 Å². The zero-order chi connectivity index (χ0) is 12.5. The molecular weight excluding hydrogens is 208 g/mol. The Bertz CT molecular complexity index is 172. The Morgan fingerprint density at radius 1 is 0.941 bits per heavy atom. The van der Waals surface area contributed by atoms with Crippen molar-refractivity contribution in [3.05, 3.63) is 0 Å². The molecule has 17 heavy (non-hydrogen) atoms. The van der Waals surface area contributed by atoms with Crippen molar-refractivity contribution in [2.24, 2.45) is 11.7 Å². The Hall–Kier alpha value is -0.0800. The Morgan fingerprint density at radius 3 is 2.12 bits per heavy atom. The third-order valence-corrected chi connectivity index (χ3v) is 3.87. The molecule has 0 aromatic heterocycles. The molecule has 2 nitrogen and oxygen atoms in total. The number of rotatable bonds is 6. The number of nitrogens with two attached hydrogens (primary N) is 1. The molecule has 2 atom stereocenters. The summed E-state index contributed by atoms with van der Waals surface area (Å²) in [5.41, 5.74) is 5.79. The van der Waals surface area contributed by atoms with Gasteiger partial charge in [0.05, 0.1) is 0 Å². The molecule has 0 aromatic carbocycles. The molecule has 0 radical (unpaired) electrons. The van der Waals surface area contributed by atoms with Crippen molar-refractivity contribution < 1.29 is 0 Å². The first-order chi connectivity index (χ1) is 8.18. The van der Waals surface area contributed by atoms with Gasteiger partial charge in [-0.2, -0.15) is 0 Å². The predicted molar refractivity (Wildman–Crippen MR) is 76.2 cm³/mol. The Labute approximate surface area is 108 Å². The fourth-order valence-electron chi connectivity index (χ4n) is 2.82. The highest BCUT2D eigenvalue weighted by atomic mass is 15.1. The van der Waals surface area contributed by atoms with Gasteiger partial charge in [0, 0.05) is 12.6 Å². The zero-order valence-electron chi connectivity index (χ0n) is 12.0. The summed E-state index contributed by atoms with van der Waals surface area (Å²) in [7, 11) is 0. The lowest BCUT2D eigenvalue weighted by atomic mass is 10.0. The third kappa shape index (κ3) is 7.77. The van der Waals surface area contributed by atoms with Crippen molar-refractivity contribution in [2.45, 2.75) is 71.3 Å². The summed E-state index contributed by atoms with van der Waals surface area (Å²) in [6.07, 6.45) is 11.0. The number of likely N-dealkylation sites (tertiary alicyclic amines) is 1. The van der Waals surface area contributed by atoms with E-state index in [9.17, 15) is 0 Å². The molecule has 0 aromatic rings. The van der Waals surface area contributed by atoms with Crippen LogP contribution in [0.15, 0.2) is 0 Å². The predicted octanol–water partition coefficient (Wildman–Crippen LogP) is 3.41. The van der Waals surface area contributed by atoms with E-state index in [-0.39, 0.29) is 0 Å². The van der Waals surface area contributed by atoms with Gasteiger partial charge in [-0.3, -0.25) is 0 Å². The van der Waals surface area contributed by atoms with Crippen molar-refractivity contribution in [3.63, 3.8) is 0 Å². The molecular formula is C15H32N2. The highest BCUT2D eigenvalue weighted by Crippen LogP contribution is 2.15. The zero-order valence-corrected chi connectivity index (χ0v) is 12.0. The van der Waals surface area contributed by atoms with E-state index in [1.807, 2.05) is 0 Å². The molecule has 2 heteroatoms. The van der Waals surface area contributed by atoms with Crippen LogP contribution in [0, 0.1) is 5.92 Å². The van der Waals surface area contributed by atoms with Crippen LogP contribution in [0.3, 0.4) is 0 Å². The molecule has 1 rings (SSSR count). The lowest BCUT2D eigenvalue weighted by molar-refractivity contribution is 0.211. The summed E-state index contributed by atoms with van der Waals surface area (Å²) in [6, 6.07) is 0.379. The summed E-state index contributed by atoms with van der Waals surface area (Å²) in [4.78, 5) is 2.69. The Kier molecular flexibility index (Phi) is 7.87. The van der Waals surface area contributed by atoms with Crippen LogP contribution >= 0.6 is 0 Å². The minimum absolute atomic E-state index is 0.379. The van der Waals surface area contributed by atoms with Crippen LogP contribution < -0.4 is 5.73 Å². The van der Waals surface area contributed by atoms with Gasteiger partial charge in [0.15, 0.2) is 0 Å². The maximum atomic E-state index is 5.79. The number of hydrogen-bond acceptors (Lipinski definition) is 2. The first-order valence-electron chi connectivity index (χ1n) is 7.66. The second-order valence-electron chi connectivity index (χ2n) is 6.08. The minimum atomic E-state index is 0.379. The fourth-order valence-corrected chi connectivity index (χ4v) is 2.82. The largest absolute Gasteiger partial charge is 0.328 e. The van der Waals surface area contributed by atoms with E-state index in [1.54, 1.807) is 0 Å². The first kappa shape index (κ1) is 15.0. The van der Waals surface area contributed by atoms with Crippen LogP contribution in [0.1, 0.15) is 65.2 Å². The molecule has 0 saturated carbocycles. The van der Waals surface area contributed by atoms with E-state index in [4.69, 9.17) is 5.73 Å². The molecule has 0 spiro atoms. The van der Waals surface area contributed by atoms with E-state index in [0.29, 0.717) is 6.04 Å². The smallest absolute Gasteiger partial charge is 0.00104 e. The second-order valence-corrected chi connectivity index (χ2v) is 6.08. The van der Waals surface area contributed by atoms with Crippen molar-refractivity contribution >= 4 is 0 Å². The molecule has 1 aliphatic rings. The maximum absolute atomic E-state index is 5.79. The SMILES string of the molecule is CC(N)CCCC(C)CN1CCCCCCC1. The van der Waals surface area contributed by atoms with E-state index < -0.39 is 0 Å². The number of nitrogens with zero attached hydrogens (tertiary/aromatic N) is 1. The van der Waals surface area contributed by atoms with Gasteiger partial charge in [-0.1, -0.05) is 32.6 Å². The maximum Gasteiger partial charge on any atom is 0.00104 e. The van der Waals surface area contributed by atoms with Crippen LogP contribution in [0.2, 0.25) is 0 Å². The van der Waals surface area contributed by atoms with Gasteiger partial charge in [-0.25, -0.2) is 0 Å². The van der Waals surface area contributed by atoms with Crippen molar-refractivity contribution in [3.8, 4) is 0 Å². The van der Waals surface area contributed by atoms with Crippen LogP contribution in [0.25, 0.3) is 0 Å². The van der Waals surface area contributed by atoms with Crippen molar-refractivity contribution in [1.82, 2.24) is 4.90 Å². The van der Waals surface area contributed by atoms with Crippen LogP contribution in [-0.2, 0) is 0 Å². The molecule has 0 amide bonds. The van der Waals surface area contributed by atoms with Gasteiger partial charge in [-0.15, -0.1) is 0 Å². The summed E-state index contributed by atoms with van der Waals surface area (Å²) >= 11 is 0. The molecule has 1 saturated heterocycles. The highest BCUT2D eigenvalue weighted by Gasteiger charge is 2.11. The molecule has 102 valence electrons. The molecule has 0 bridgehead atoms. The number of hydrogen-bond donors (Lipinski definition) is 1. The Morgan fingerprint density at radius 2 is 1.53 bits per heavy atom. The fraction of sp³-hybridized carbons (Fsp3) is 1.00. The van der Waals surface area contributed by atoms with E-state index in [0.717, 1.165) is 5.92 Å². The van der Waals surface area contributed by atoms with Crippen LogP contribution in [0.4, 0.5) is 0 Å². The lowest BCUT2D eigenvalue weighted by Gasteiger charge is -2.27. The van der Waals surface area contributed by atoms with Crippen LogP contribution in [-0.4, -0.2) is 30.6 Å². The van der Waals surface area contributed by atoms with Crippen molar-refractivity contribution in [2.75, 3.05) is 19.6 Å². The van der Waals surface area contributed by atoms with E-state index in [1.165, 1.54) is 71.0 Å². The van der Waals surface area contributed by atoms with Gasteiger partial charge in [-0.05, 0) is 51.6 Å². The van der Waals surface area contributed by atoms with E-state index >= 15 is 0 Å². The normalized spacial score (nSPS) is 22.8. The van der Waals surface area contributed by atoms with Crippen LogP contribution in [0.5, 0.6) is 0 Å². The third-order valence-electron chi connectivity index (χ3n) is 3.87. The summed E-state index contributed by atoms with van der Waals surface area (Å²) in [5, 5.41) is 0. The molecule has 2 unspecified atom stereocenters. The monoisotopic (exact) mass is 240 g/mol. The van der Waals surface area contributed by atoms with Gasteiger partial charge >= 0.3 is 0 Å². The minimum Gasteiger partial charge on any atom is -0.328 e. The average Bonchev–Trinajstić information content (AvgIpc) is 2.21. The second kappa shape index (κ2) is 8.93. The highest BCUT2D eigenvalue weighted by molar-refractivity contribution is 4.66. The first-order valence-corrected chi connectivity index (χ1v) is 7.66. The van der Waals surface area contributed by atoms with Gasteiger partial charge in [0.2, 0.25) is 0 Å². The molecule has 1 aliphatic heterocycles. The van der Waals surface area contributed by atoms with Crippen molar-refractivity contribution in [1.29, 1.82) is 0 Å². The van der Waals surface area contributed by atoms with Gasteiger partial charge in [0.1, 0.15) is 0 Å². The van der Waals surface area contributed by atoms with Gasteiger partial charge in [0.25, 0.3) is 0 Å². The average molecular weight is 240 g/mol. The summed E-state index contributed by atoms with van der Waals surface area (Å²) < 4.78 is 0. The topological polar surface area (TPSA) is 29.3 Å². The quantitative estimate of drug-likeness (QED) is 0.771. The lowest BCUT2D eigenvalue weighted by Crippen LogP contribution is -2.31. The van der Waals surface area contributed by atoms with E-state index in [2.05, 4.69) is 18.7 Å². The molecule has 1 fully saturated rings. The molecule has 2 N–H and O–H groups in total. The summed E-state index contributed by atoms with van der Waals surface area (Å²) in [5.74, 6) is 0.841. The Balaban J connectivity index is 2.12. The molecule has 0 aliphatic carbocycles. The summed E-state index contributed by atoms with van der Waals surface area (Å²) in [6.45, 7) is 8.48.